The van der Waals surface area contributed by atoms with E-state index < -0.39 is 0 Å². The molecule has 8 N–H and O–H groups in total. The predicted octanol–water partition coefficient (Wildman–Crippen LogP) is 1.60. The third kappa shape index (κ3) is 45.5. The van der Waals surface area contributed by atoms with Gasteiger partial charge < -0.3 is 27.7 Å². The summed E-state index contributed by atoms with van der Waals surface area (Å²) >= 11 is 4.24. The van der Waals surface area contributed by atoms with E-state index in [9.17, 15) is 0 Å². The summed E-state index contributed by atoms with van der Waals surface area (Å²) in [6, 6.07) is 0.110. The predicted molar refractivity (Wildman–Crippen MR) is 92.9 cm³/mol. The van der Waals surface area contributed by atoms with Gasteiger partial charge in [-0.2, -0.15) is 0 Å². The van der Waals surface area contributed by atoms with Crippen LogP contribution in [-0.2, 0) is 4.74 Å². The van der Waals surface area contributed by atoms with Gasteiger partial charge in [-0.25, -0.2) is 0 Å². The first-order chi connectivity index (χ1) is 6.58. The fraction of sp³-hybridized carbons (Fsp3) is 1.00. The summed E-state index contributed by atoms with van der Waals surface area (Å²) in [5.74, 6) is 0. The Balaban J connectivity index is -0.0000000502. The first-order valence-corrected chi connectivity index (χ1v) is 10.5. The first-order valence-electron chi connectivity index (χ1n) is 4.20. The molecule has 7 heteroatoms. The van der Waals surface area contributed by atoms with E-state index in [0.29, 0.717) is 13.2 Å². The third-order valence-corrected chi connectivity index (χ3v) is 0.976. The van der Waals surface area contributed by atoms with Crippen molar-refractivity contribution in [1.29, 1.82) is 0 Å². The van der Waals surface area contributed by atoms with Crippen molar-refractivity contribution in [2.75, 3.05) is 19.8 Å². The molecule has 2 unspecified atom stereocenters. The Morgan fingerprint density at radius 2 is 1.38 bits per heavy atom. The molecule has 106 valence electrons. The summed E-state index contributed by atoms with van der Waals surface area (Å²) in [6.45, 7) is 5.25. The molecule has 0 radical (unpaired) electrons. The number of hydrogen-bond donors (Lipinski definition) is 4. The second-order valence-electron chi connectivity index (χ2n) is 2.59. The number of hydrogen-bond acceptors (Lipinski definition) is 5. The van der Waals surface area contributed by atoms with Gasteiger partial charge in [0.2, 0.25) is 0 Å². The van der Waals surface area contributed by atoms with Crippen molar-refractivity contribution in [2.24, 2.45) is 22.9 Å². The molecule has 0 spiro atoms. The van der Waals surface area contributed by atoms with Gasteiger partial charge in [-0.15, -0.1) is 0 Å². The maximum atomic E-state index is 5.43. The van der Waals surface area contributed by atoms with Gasteiger partial charge in [0.25, 0.3) is 0 Å². The van der Waals surface area contributed by atoms with Crippen LogP contribution in [0, 0.1) is 0 Å². The molecule has 2 atom stereocenters. The van der Waals surface area contributed by atoms with Gasteiger partial charge in [0.1, 0.15) is 0 Å². The Morgan fingerprint density at radius 3 is 1.56 bits per heavy atom. The van der Waals surface area contributed by atoms with Crippen molar-refractivity contribution in [1.82, 2.24) is 0 Å². The number of ether oxygens (including phenoxy) is 1. The average Bonchev–Trinajstić information content (AvgIpc) is 2.18. The molecule has 0 saturated heterocycles. The summed E-state index contributed by atoms with van der Waals surface area (Å²) in [5, 5.41) is 0. The van der Waals surface area contributed by atoms with Crippen molar-refractivity contribution in [3.05, 3.63) is 0 Å². The molecule has 0 heterocycles. The molecule has 0 aromatic heterocycles. The minimum absolute atomic E-state index is 0. The molecule has 0 aromatic rings. The highest BCUT2D eigenvalue weighted by Crippen LogP contribution is 1.89. The van der Waals surface area contributed by atoms with Crippen LogP contribution in [0.4, 0.5) is 0 Å². The van der Waals surface area contributed by atoms with Crippen LogP contribution in [0.5, 0.6) is 0 Å². The van der Waals surface area contributed by atoms with Crippen molar-refractivity contribution in [3.63, 3.8) is 0 Å². The van der Waals surface area contributed by atoms with Crippen molar-refractivity contribution < 1.29 is 4.74 Å². The van der Waals surface area contributed by atoms with Crippen LogP contribution >= 0.6 is 37.2 Å². The maximum absolute atomic E-state index is 5.43. The Bertz CT molecular complexity index is 89.9. The monoisotopic (exact) mass is 464 g/mol. The molecule has 0 aliphatic heterocycles. The number of rotatable bonds is 4. The minimum Gasteiger partial charge on any atom is -0.376 e. The van der Waals surface area contributed by atoms with E-state index in [1.807, 2.05) is 13.8 Å². The molecule has 0 aliphatic carbocycles. The topological polar surface area (TPSA) is 113 Å². The summed E-state index contributed by atoms with van der Waals surface area (Å²) in [6.07, 6.45) is 0.135. The van der Waals surface area contributed by atoms with Crippen LogP contribution in [0.2, 0.25) is 0 Å². The fourth-order valence-corrected chi connectivity index (χ4v) is 0.384. The second-order valence-corrected chi connectivity index (χ2v) is 2.59. The molecule has 0 fully saturated rings. The van der Waals surface area contributed by atoms with Gasteiger partial charge >= 0.3 is 0 Å². The second kappa shape index (κ2) is 29.9. The molecule has 0 aromatic carbocycles. The van der Waals surface area contributed by atoms with E-state index in [0.717, 1.165) is 0 Å². The molecule has 0 saturated carbocycles. The van der Waals surface area contributed by atoms with E-state index in [1.54, 1.807) is 0 Å². The van der Waals surface area contributed by atoms with Crippen LogP contribution in [0.3, 0.4) is 0 Å². The molecule has 0 rings (SSSR count). The smallest absolute Gasteiger partial charge is 0.0669 e. The van der Waals surface area contributed by atoms with Gasteiger partial charge in [0.15, 0.2) is 0 Å². The van der Waals surface area contributed by atoms with Crippen molar-refractivity contribution >= 4 is 37.2 Å². The quantitative estimate of drug-likeness (QED) is 0.373. The zero-order valence-corrected chi connectivity index (χ0v) is 13.1. The Kier molecular flexibility index (Phi) is 56.7. The van der Waals surface area contributed by atoms with E-state index >= 15 is 0 Å². The average molecular weight is 464 g/mol. The molecular weight excluding hydrogens is 434 g/mol. The van der Waals surface area contributed by atoms with Crippen LogP contribution in [0.15, 0.2) is 0 Å². The van der Waals surface area contributed by atoms with Crippen LogP contribution in [-0.4, -0.2) is 32.0 Å². The van der Waals surface area contributed by atoms with Gasteiger partial charge in [0.05, 0.1) is 12.7 Å². The zero-order chi connectivity index (χ0) is 12.0. The Morgan fingerprint density at radius 1 is 1.06 bits per heavy atom. The number of halogens is 2. The first kappa shape index (κ1) is 30.4. The lowest BCUT2D eigenvalue weighted by atomic mass is 10.4. The zero-order valence-electron chi connectivity index (χ0n) is 8.75. The van der Waals surface area contributed by atoms with E-state index in [-0.39, 0.29) is 33.7 Å². The summed E-state index contributed by atoms with van der Waals surface area (Å²) in [5.41, 5.74) is 20.0. The summed E-state index contributed by atoms with van der Waals surface area (Å²) in [7, 11) is 0. The molecule has 0 amide bonds. The van der Waals surface area contributed by atoms with Crippen LogP contribution < -0.4 is 22.9 Å². The van der Waals surface area contributed by atoms with E-state index in [2.05, 4.69) is 48.7 Å². The van der Waals surface area contributed by atoms with Gasteiger partial charge in [-0.3, -0.25) is 0 Å². The highest BCUT2D eigenvalue weighted by molar-refractivity contribution is 15.0. The highest BCUT2D eigenvalue weighted by atomic mass is 128. The van der Waals surface area contributed by atoms with Crippen LogP contribution in [0.25, 0.3) is 0 Å². The van der Waals surface area contributed by atoms with Gasteiger partial charge in [0, 0.05) is 56.5 Å². The Hall–Kier alpha value is 1.26. The lowest BCUT2D eigenvalue weighted by molar-refractivity contribution is 0.0646. The van der Waals surface area contributed by atoms with Crippen LogP contribution in [0.1, 0.15) is 28.7 Å². The summed E-state index contributed by atoms with van der Waals surface area (Å²) < 4.78 is 5.20. The Labute approximate surface area is 125 Å². The van der Waals surface area contributed by atoms with E-state index in [4.69, 9.17) is 16.2 Å². The van der Waals surface area contributed by atoms with Crippen molar-refractivity contribution in [2.45, 2.75) is 40.8 Å². The third-order valence-electron chi connectivity index (χ3n) is 0.976. The lowest BCUT2D eigenvalue weighted by Gasteiger charge is -2.11. The van der Waals surface area contributed by atoms with Gasteiger partial charge in [-0.1, -0.05) is 14.9 Å². The lowest BCUT2D eigenvalue weighted by Crippen LogP contribution is -2.28. The molecule has 0 bridgehead atoms. The molecule has 0 aliphatic rings. The van der Waals surface area contributed by atoms with Gasteiger partial charge in [-0.05, 0) is 13.8 Å². The highest BCUT2D eigenvalue weighted by Gasteiger charge is 1.99. The summed E-state index contributed by atoms with van der Waals surface area (Å²) in [4.78, 5) is 0. The SMILES string of the molecule is C.C.CC(N)COC(C)CN.II.NCN. The minimum atomic E-state index is 0. The molecule has 5 nitrogen and oxygen atoms in total. The standard InChI is InChI=1S/C6H16N2O.CH6N2.2CH4.I2/c1-5(8)4-9-6(2)3-7;2-1-3;;;1-2/h5-6H,3-4,7-8H2,1-2H3;1-3H2;2*1H4;. The molecule has 16 heavy (non-hydrogen) atoms. The van der Waals surface area contributed by atoms with E-state index in [1.165, 1.54) is 0 Å². The normalized spacial score (nSPS) is 11.2. The maximum Gasteiger partial charge on any atom is 0.0669 e. The fourth-order valence-electron chi connectivity index (χ4n) is 0.384. The largest absolute Gasteiger partial charge is 0.376 e. The molecular formula is C9H30I2N4O. The number of nitrogens with two attached hydrogens (primary N) is 4. The van der Waals surface area contributed by atoms with Crippen molar-refractivity contribution in [3.8, 4) is 0 Å².